The molecule has 0 radical (unpaired) electrons. The van der Waals surface area contributed by atoms with Crippen molar-refractivity contribution in [1.82, 2.24) is 0 Å². The molecule has 0 unspecified atom stereocenters. The number of hydrogen-bond acceptors (Lipinski definition) is 3. The van der Waals surface area contributed by atoms with E-state index in [0.717, 1.165) is 11.1 Å². The van der Waals surface area contributed by atoms with Gasteiger partial charge in [0.2, 0.25) is 0 Å². The SMILES string of the molecule is COc1cc(CCC(=O)O)ccc1OCc1ccc(Cl)cc1Cl. The van der Waals surface area contributed by atoms with E-state index in [4.69, 9.17) is 37.8 Å². The summed E-state index contributed by atoms with van der Waals surface area (Å²) in [5.41, 5.74) is 1.69. The predicted molar refractivity (Wildman–Crippen MR) is 89.7 cm³/mol. The number of aliphatic carboxylic acids is 1. The first-order valence-corrected chi connectivity index (χ1v) is 7.70. The molecule has 1 N–H and O–H groups in total. The van der Waals surface area contributed by atoms with Gasteiger partial charge in [-0.05, 0) is 36.2 Å². The molecule has 0 aromatic heterocycles. The highest BCUT2D eigenvalue weighted by Gasteiger charge is 2.09. The Balaban J connectivity index is 2.08. The van der Waals surface area contributed by atoms with E-state index in [0.29, 0.717) is 28.0 Å². The molecule has 2 aromatic rings. The molecule has 0 heterocycles. The van der Waals surface area contributed by atoms with Gasteiger partial charge in [-0.15, -0.1) is 0 Å². The monoisotopic (exact) mass is 354 g/mol. The average Bonchev–Trinajstić information content (AvgIpc) is 2.52. The van der Waals surface area contributed by atoms with Crippen molar-refractivity contribution in [3.63, 3.8) is 0 Å². The third kappa shape index (κ3) is 5.05. The molecule has 6 heteroatoms. The molecule has 0 aliphatic rings. The molecule has 2 aromatic carbocycles. The number of carbonyl (C=O) groups is 1. The van der Waals surface area contributed by atoms with Crippen molar-refractivity contribution in [2.75, 3.05) is 7.11 Å². The Bertz CT molecular complexity index is 701. The summed E-state index contributed by atoms with van der Waals surface area (Å²) in [4.78, 5) is 10.6. The van der Waals surface area contributed by atoms with Crippen LogP contribution in [0, 0.1) is 0 Å². The van der Waals surface area contributed by atoms with E-state index in [1.807, 2.05) is 6.07 Å². The summed E-state index contributed by atoms with van der Waals surface area (Å²) < 4.78 is 11.1. The molecule has 2 rings (SSSR count). The molecule has 0 amide bonds. The Morgan fingerprint density at radius 1 is 1.13 bits per heavy atom. The number of carboxylic acid groups (broad SMARTS) is 1. The second-order valence-electron chi connectivity index (χ2n) is 4.90. The van der Waals surface area contributed by atoms with Crippen molar-refractivity contribution in [2.24, 2.45) is 0 Å². The molecule has 0 atom stereocenters. The maximum atomic E-state index is 10.6. The molecule has 23 heavy (non-hydrogen) atoms. The van der Waals surface area contributed by atoms with Crippen LogP contribution in [0.1, 0.15) is 17.5 Å². The normalized spacial score (nSPS) is 10.4. The van der Waals surface area contributed by atoms with Crippen LogP contribution in [0.15, 0.2) is 36.4 Å². The van der Waals surface area contributed by atoms with Gasteiger partial charge in [0, 0.05) is 22.0 Å². The van der Waals surface area contributed by atoms with Gasteiger partial charge in [-0.3, -0.25) is 4.79 Å². The first kappa shape index (κ1) is 17.4. The summed E-state index contributed by atoms with van der Waals surface area (Å²) >= 11 is 12.0. The number of benzene rings is 2. The van der Waals surface area contributed by atoms with E-state index in [-0.39, 0.29) is 13.0 Å². The molecular formula is C17H16Cl2O4. The van der Waals surface area contributed by atoms with Crippen LogP contribution in [0.3, 0.4) is 0 Å². The second-order valence-corrected chi connectivity index (χ2v) is 5.75. The van der Waals surface area contributed by atoms with Crippen molar-refractivity contribution >= 4 is 29.2 Å². The van der Waals surface area contributed by atoms with Crippen molar-refractivity contribution in [2.45, 2.75) is 19.4 Å². The van der Waals surface area contributed by atoms with Crippen molar-refractivity contribution in [1.29, 1.82) is 0 Å². The Labute approximate surface area is 144 Å². The van der Waals surface area contributed by atoms with E-state index >= 15 is 0 Å². The number of hydrogen-bond donors (Lipinski definition) is 1. The highest BCUT2D eigenvalue weighted by molar-refractivity contribution is 6.35. The van der Waals surface area contributed by atoms with Crippen LogP contribution in [-0.2, 0) is 17.8 Å². The van der Waals surface area contributed by atoms with Crippen LogP contribution < -0.4 is 9.47 Å². The number of methoxy groups -OCH3 is 1. The lowest BCUT2D eigenvalue weighted by Gasteiger charge is -2.13. The van der Waals surface area contributed by atoms with Gasteiger partial charge < -0.3 is 14.6 Å². The van der Waals surface area contributed by atoms with Gasteiger partial charge in [-0.2, -0.15) is 0 Å². The van der Waals surface area contributed by atoms with Crippen LogP contribution in [0.25, 0.3) is 0 Å². The fourth-order valence-corrected chi connectivity index (χ4v) is 2.50. The van der Waals surface area contributed by atoms with Crippen molar-refractivity contribution < 1.29 is 19.4 Å². The van der Waals surface area contributed by atoms with E-state index < -0.39 is 5.97 Å². The number of carboxylic acids is 1. The number of halogens is 2. The van der Waals surface area contributed by atoms with Gasteiger partial charge in [0.1, 0.15) is 6.61 Å². The molecule has 4 nitrogen and oxygen atoms in total. The van der Waals surface area contributed by atoms with Crippen LogP contribution in [0.5, 0.6) is 11.5 Å². The quantitative estimate of drug-likeness (QED) is 0.789. The van der Waals surface area contributed by atoms with E-state index in [1.165, 1.54) is 0 Å². The molecule has 122 valence electrons. The summed E-state index contributed by atoms with van der Waals surface area (Å²) in [6.45, 7) is 0.279. The zero-order chi connectivity index (χ0) is 16.8. The van der Waals surface area contributed by atoms with Gasteiger partial charge in [0.05, 0.1) is 7.11 Å². The Kier molecular flexibility index (Phi) is 6.13. The first-order chi connectivity index (χ1) is 11.0. The van der Waals surface area contributed by atoms with Gasteiger partial charge in [-0.25, -0.2) is 0 Å². The molecule has 0 saturated heterocycles. The highest BCUT2D eigenvalue weighted by Crippen LogP contribution is 2.30. The number of aryl methyl sites for hydroxylation is 1. The van der Waals surface area contributed by atoms with E-state index in [2.05, 4.69) is 0 Å². The zero-order valence-electron chi connectivity index (χ0n) is 12.5. The first-order valence-electron chi connectivity index (χ1n) is 6.95. The maximum absolute atomic E-state index is 10.6. The fourth-order valence-electron chi connectivity index (χ4n) is 2.03. The molecule has 0 bridgehead atoms. The lowest BCUT2D eigenvalue weighted by atomic mass is 10.1. The van der Waals surface area contributed by atoms with Crippen molar-refractivity contribution in [3.8, 4) is 11.5 Å². The summed E-state index contributed by atoms with van der Waals surface area (Å²) in [6.07, 6.45) is 0.513. The Hall–Kier alpha value is -1.91. The van der Waals surface area contributed by atoms with Gasteiger partial charge in [0.25, 0.3) is 0 Å². The topological polar surface area (TPSA) is 55.8 Å². The lowest BCUT2D eigenvalue weighted by molar-refractivity contribution is -0.136. The third-order valence-corrected chi connectivity index (χ3v) is 3.84. The van der Waals surface area contributed by atoms with E-state index in [1.54, 1.807) is 37.4 Å². The maximum Gasteiger partial charge on any atom is 0.303 e. The second kappa shape index (κ2) is 8.09. The summed E-state index contributed by atoms with van der Waals surface area (Å²) in [5, 5.41) is 9.84. The van der Waals surface area contributed by atoms with Crippen LogP contribution in [-0.4, -0.2) is 18.2 Å². The van der Waals surface area contributed by atoms with Crippen LogP contribution >= 0.6 is 23.2 Å². The van der Waals surface area contributed by atoms with E-state index in [9.17, 15) is 4.79 Å². The van der Waals surface area contributed by atoms with Crippen molar-refractivity contribution in [3.05, 3.63) is 57.6 Å². The predicted octanol–water partition coefficient (Wildman–Crippen LogP) is 4.60. The number of rotatable bonds is 7. The summed E-state index contributed by atoms with van der Waals surface area (Å²) in [5.74, 6) is 0.289. The molecule has 0 saturated carbocycles. The van der Waals surface area contributed by atoms with Gasteiger partial charge in [-0.1, -0.05) is 35.3 Å². The molecular weight excluding hydrogens is 339 g/mol. The molecule has 0 aliphatic carbocycles. The minimum absolute atomic E-state index is 0.0732. The van der Waals surface area contributed by atoms with Gasteiger partial charge >= 0.3 is 5.97 Å². The largest absolute Gasteiger partial charge is 0.493 e. The molecule has 0 aliphatic heterocycles. The molecule has 0 spiro atoms. The summed E-state index contributed by atoms with van der Waals surface area (Å²) in [6, 6.07) is 10.6. The highest BCUT2D eigenvalue weighted by atomic mass is 35.5. The Morgan fingerprint density at radius 2 is 1.91 bits per heavy atom. The average molecular weight is 355 g/mol. The van der Waals surface area contributed by atoms with Crippen LogP contribution in [0.2, 0.25) is 10.0 Å². The standard InChI is InChI=1S/C17H16Cl2O4/c1-22-16-8-11(3-7-17(20)21)2-6-15(16)23-10-12-4-5-13(18)9-14(12)19/h2,4-6,8-9H,3,7,10H2,1H3,(H,20,21). The number of ether oxygens (including phenoxy) is 2. The molecule has 0 fully saturated rings. The fraction of sp³-hybridized carbons (Fsp3) is 0.235. The van der Waals surface area contributed by atoms with Gasteiger partial charge in [0.15, 0.2) is 11.5 Å². The third-order valence-electron chi connectivity index (χ3n) is 3.25. The summed E-state index contributed by atoms with van der Waals surface area (Å²) in [7, 11) is 1.54. The van der Waals surface area contributed by atoms with Crippen LogP contribution in [0.4, 0.5) is 0 Å². The lowest BCUT2D eigenvalue weighted by Crippen LogP contribution is -2.00. The minimum atomic E-state index is -0.832. The zero-order valence-corrected chi connectivity index (χ0v) is 14.0. The minimum Gasteiger partial charge on any atom is -0.493 e. The Morgan fingerprint density at radius 3 is 2.57 bits per heavy atom. The smallest absolute Gasteiger partial charge is 0.303 e.